The Balaban J connectivity index is 1.68. The molecule has 0 spiro atoms. The first-order valence-electron chi connectivity index (χ1n) is 5.72. The first-order valence-corrected chi connectivity index (χ1v) is 6.52. The van der Waals surface area contributed by atoms with Gasteiger partial charge in [-0.1, -0.05) is 0 Å². The molecule has 17 heavy (non-hydrogen) atoms. The zero-order valence-corrected chi connectivity index (χ0v) is 11.3. The van der Waals surface area contributed by atoms with Crippen molar-refractivity contribution in [3.63, 3.8) is 0 Å². The lowest BCUT2D eigenvalue weighted by atomic mass is 10.2. The Morgan fingerprint density at radius 3 is 3.06 bits per heavy atom. The summed E-state index contributed by atoms with van der Waals surface area (Å²) in [6, 6.07) is 4.13. The number of aromatic nitrogens is 2. The molecule has 92 valence electrons. The van der Waals surface area contributed by atoms with Crippen molar-refractivity contribution in [2.75, 3.05) is 6.54 Å². The minimum Gasteiger partial charge on any atom is -0.453 e. The van der Waals surface area contributed by atoms with Gasteiger partial charge in [0.2, 0.25) is 0 Å². The third kappa shape index (κ3) is 3.71. The molecule has 0 radical (unpaired) electrons. The third-order valence-corrected chi connectivity index (χ3v) is 3.04. The van der Waals surface area contributed by atoms with Crippen molar-refractivity contribution >= 4 is 15.9 Å². The van der Waals surface area contributed by atoms with E-state index in [1.807, 2.05) is 18.3 Å². The minimum atomic E-state index is 0.234. The first-order chi connectivity index (χ1) is 8.25. The molecular formula is C12H16BrN3O. The maximum absolute atomic E-state index is 5.48. The van der Waals surface area contributed by atoms with Gasteiger partial charge in [0.05, 0.1) is 6.04 Å². The Kier molecular flexibility index (Phi) is 4.39. The maximum atomic E-state index is 5.48. The molecule has 2 heterocycles. The van der Waals surface area contributed by atoms with Crippen LogP contribution in [-0.2, 0) is 6.42 Å². The zero-order chi connectivity index (χ0) is 12.1. The summed E-state index contributed by atoms with van der Waals surface area (Å²) in [4.78, 5) is 7.28. The van der Waals surface area contributed by atoms with Crippen molar-refractivity contribution in [1.29, 1.82) is 0 Å². The van der Waals surface area contributed by atoms with Gasteiger partial charge >= 0.3 is 0 Å². The van der Waals surface area contributed by atoms with Crippen molar-refractivity contribution in [1.82, 2.24) is 15.3 Å². The molecule has 5 heteroatoms. The number of halogens is 1. The Hall–Kier alpha value is -1.07. The number of rotatable bonds is 6. The molecule has 0 aliphatic carbocycles. The van der Waals surface area contributed by atoms with Crippen LogP contribution in [0.2, 0.25) is 0 Å². The fraction of sp³-hybridized carbons (Fsp3) is 0.417. The summed E-state index contributed by atoms with van der Waals surface area (Å²) in [6.45, 7) is 3.04. The van der Waals surface area contributed by atoms with Gasteiger partial charge < -0.3 is 14.7 Å². The summed E-state index contributed by atoms with van der Waals surface area (Å²) in [6.07, 6.45) is 5.66. The van der Waals surface area contributed by atoms with Gasteiger partial charge in [-0.05, 0) is 48.0 Å². The second kappa shape index (κ2) is 6.02. The van der Waals surface area contributed by atoms with E-state index >= 15 is 0 Å². The number of H-pyrrole nitrogens is 1. The van der Waals surface area contributed by atoms with E-state index in [2.05, 4.69) is 38.1 Å². The van der Waals surface area contributed by atoms with Gasteiger partial charge in [-0.25, -0.2) is 4.98 Å². The van der Waals surface area contributed by atoms with Crippen LogP contribution in [0, 0.1) is 0 Å². The molecule has 0 saturated heterocycles. The lowest BCUT2D eigenvalue weighted by Gasteiger charge is -2.10. The molecular weight excluding hydrogens is 282 g/mol. The largest absolute Gasteiger partial charge is 0.453 e. The van der Waals surface area contributed by atoms with Crippen LogP contribution >= 0.6 is 15.9 Å². The predicted octanol–water partition coefficient (Wildman–Crippen LogP) is 3.05. The summed E-state index contributed by atoms with van der Waals surface area (Å²) >= 11 is 3.30. The minimum absolute atomic E-state index is 0.234. The molecule has 0 amide bonds. The number of furan rings is 1. The van der Waals surface area contributed by atoms with Crippen molar-refractivity contribution in [2.24, 2.45) is 0 Å². The molecule has 2 aromatic rings. The molecule has 1 atom stereocenters. The highest BCUT2D eigenvalue weighted by Gasteiger charge is 2.08. The van der Waals surface area contributed by atoms with Crippen LogP contribution < -0.4 is 5.32 Å². The normalized spacial score (nSPS) is 12.8. The zero-order valence-electron chi connectivity index (χ0n) is 9.74. The van der Waals surface area contributed by atoms with E-state index in [9.17, 15) is 0 Å². The monoisotopic (exact) mass is 297 g/mol. The maximum Gasteiger partial charge on any atom is 0.169 e. The molecule has 4 nitrogen and oxygen atoms in total. The second-order valence-corrected chi connectivity index (χ2v) is 4.74. The van der Waals surface area contributed by atoms with Gasteiger partial charge in [0.1, 0.15) is 11.6 Å². The number of aryl methyl sites for hydroxylation is 1. The van der Waals surface area contributed by atoms with E-state index < -0.39 is 0 Å². The Morgan fingerprint density at radius 1 is 1.53 bits per heavy atom. The fourth-order valence-electron chi connectivity index (χ4n) is 1.67. The standard InChI is InChI=1S/C12H16BrN3O/c1-9(10-4-5-11(13)17-10)14-6-2-3-12-15-7-8-16-12/h4-5,7-9,14H,2-3,6H2,1H3,(H,15,16). The van der Waals surface area contributed by atoms with Gasteiger partial charge in [-0.3, -0.25) is 0 Å². The van der Waals surface area contributed by atoms with Crippen molar-refractivity contribution in [2.45, 2.75) is 25.8 Å². The van der Waals surface area contributed by atoms with E-state index in [1.54, 1.807) is 6.20 Å². The van der Waals surface area contributed by atoms with Crippen LogP contribution in [0.5, 0.6) is 0 Å². The number of imidazole rings is 1. The van der Waals surface area contributed by atoms with Gasteiger partial charge in [0.15, 0.2) is 4.67 Å². The number of hydrogen-bond acceptors (Lipinski definition) is 3. The summed E-state index contributed by atoms with van der Waals surface area (Å²) in [7, 11) is 0. The van der Waals surface area contributed by atoms with Crippen LogP contribution in [0.3, 0.4) is 0 Å². The summed E-state index contributed by atoms with van der Waals surface area (Å²) in [5, 5.41) is 3.42. The van der Waals surface area contributed by atoms with Crippen LogP contribution in [0.15, 0.2) is 33.6 Å². The van der Waals surface area contributed by atoms with Crippen molar-refractivity contribution < 1.29 is 4.42 Å². The van der Waals surface area contributed by atoms with E-state index in [4.69, 9.17) is 4.42 Å². The lowest BCUT2D eigenvalue weighted by molar-refractivity contribution is 0.416. The molecule has 0 bridgehead atoms. The molecule has 2 N–H and O–H groups in total. The SMILES string of the molecule is CC(NCCCc1ncc[nH]1)c1ccc(Br)o1. The highest BCUT2D eigenvalue weighted by atomic mass is 79.9. The average molecular weight is 298 g/mol. The smallest absolute Gasteiger partial charge is 0.169 e. The number of nitrogens with zero attached hydrogens (tertiary/aromatic N) is 1. The number of aromatic amines is 1. The van der Waals surface area contributed by atoms with E-state index in [0.29, 0.717) is 0 Å². The summed E-state index contributed by atoms with van der Waals surface area (Å²) < 4.78 is 6.26. The summed E-state index contributed by atoms with van der Waals surface area (Å²) in [5.74, 6) is 2.00. The number of nitrogens with one attached hydrogen (secondary N) is 2. The molecule has 2 rings (SSSR count). The topological polar surface area (TPSA) is 53.9 Å². The highest BCUT2D eigenvalue weighted by molar-refractivity contribution is 9.10. The van der Waals surface area contributed by atoms with Gasteiger partial charge in [0.25, 0.3) is 0 Å². The number of hydrogen-bond donors (Lipinski definition) is 2. The predicted molar refractivity (Wildman–Crippen MR) is 69.7 cm³/mol. The average Bonchev–Trinajstić information content (AvgIpc) is 2.95. The second-order valence-electron chi connectivity index (χ2n) is 3.96. The fourth-order valence-corrected chi connectivity index (χ4v) is 1.99. The molecule has 0 fully saturated rings. The van der Waals surface area contributed by atoms with Gasteiger partial charge in [-0.2, -0.15) is 0 Å². The van der Waals surface area contributed by atoms with Crippen molar-refractivity contribution in [3.05, 3.63) is 40.8 Å². The lowest BCUT2D eigenvalue weighted by Crippen LogP contribution is -2.19. The van der Waals surface area contributed by atoms with E-state index in [0.717, 1.165) is 35.6 Å². The molecule has 2 aromatic heterocycles. The first kappa shape index (κ1) is 12.4. The van der Waals surface area contributed by atoms with Crippen LogP contribution in [0.4, 0.5) is 0 Å². The molecule has 0 aliphatic rings. The van der Waals surface area contributed by atoms with Crippen LogP contribution in [0.25, 0.3) is 0 Å². The highest BCUT2D eigenvalue weighted by Crippen LogP contribution is 2.19. The quantitative estimate of drug-likeness (QED) is 0.806. The Morgan fingerprint density at radius 2 is 2.41 bits per heavy atom. The molecule has 0 aliphatic heterocycles. The van der Waals surface area contributed by atoms with Gasteiger partial charge in [-0.15, -0.1) is 0 Å². The van der Waals surface area contributed by atoms with E-state index in [-0.39, 0.29) is 6.04 Å². The van der Waals surface area contributed by atoms with Crippen LogP contribution in [0.1, 0.15) is 31.0 Å². The van der Waals surface area contributed by atoms with Crippen LogP contribution in [-0.4, -0.2) is 16.5 Å². The van der Waals surface area contributed by atoms with E-state index in [1.165, 1.54) is 0 Å². The Bertz CT molecular complexity index is 438. The summed E-state index contributed by atoms with van der Waals surface area (Å²) in [5.41, 5.74) is 0. The molecule has 1 unspecified atom stereocenters. The molecule has 0 aromatic carbocycles. The van der Waals surface area contributed by atoms with Crippen molar-refractivity contribution in [3.8, 4) is 0 Å². The third-order valence-electron chi connectivity index (χ3n) is 2.62. The Labute approximate surface area is 109 Å². The van der Waals surface area contributed by atoms with Gasteiger partial charge in [0, 0.05) is 18.8 Å². The molecule has 0 saturated carbocycles.